The molecule has 2 aromatic rings. The molecule has 1 aliphatic carbocycles. The lowest BCUT2D eigenvalue weighted by atomic mass is 9.75. The van der Waals surface area contributed by atoms with Gasteiger partial charge in [-0.05, 0) is 42.0 Å². The van der Waals surface area contributed by atoms with E-state index in [1.54, 1.807) is 0 Å². The number of para-hydroxylation sites is 1. The molecule has 0 bridgehead atoms. The van der Waals surface area contributed by atoms with E-state index in [4.69, 9.17) is 0 Å². The number of carbonyl (C=O) groups excluding carboxylic acids is 1. The van der Waals surface area contributed by atoms with Crippen molar-refractivity contribution in [2.24, 2.45) is 5.41 Å². The van der Waals surface area contributed by atoms with Crippen LogP contribution in [-0.4, -0.2) is 10.8 Å². The second-order valence-corrected chi connectivity index (χ2v) is 6.45. The highest BCUT2D eigenvalue weighted by atomic mass is 16.1. The lowest BCUT2D eigenvalue weighted by molar-refractivity contribution is -0.117. The molecule has 1 aromatic carbocycles. The van der Waals surface area contributed by atoms with Crippen molar-refractivity contribution in [1.82, 2.24) is 4.98 Å². The van der Waals surface area contributed by atoms with Crippen LogP contribution in [0.15, 0.2) is 48.2 Å². The van der Waals surface area contributed by atoms with E-state index in [0.717, 1.165) is 18.4 Å². The van der Waals surface area contributed by atoms with Gasteiger partial charge in [0, 0.05) is 18.0 Å². The number of hydrogen-bond donors (Lipinski definition) is 0. The van der Waals surface area contributed by atoms with Crippen LogP contribution in [-0.2, 0) is 11.2 Å². The molecular formula is C18H19NO. The van der Waals surface area contributed by atoms with E-state index >= 15 is 0 Å². The average molecular weight is 265 g/mol. The first-order chi connectivity index (χ1) is 9.53. The largest absolute Gasteiger partial charge is 0.295 e. The number of ketones is 1. The minimum Gasteiger partial charge on any atom is -0.295 e. The number of pyridine rings is 1. The minimum absolute atomic E-state index is 0.0873. The third-order valence-electron chi connectivity index (χ3n) is 3.88. The molecule has 3 rings (SSSR count). The van der Waals surface area contributed by atoms with Gasteiger partial charge in [-0.15, -0.1) is 0 Å². The van der Waals surface area contributed by atoms with E-state index in [9.17, 15) is 4.79 Å². The first kappa shape index (κ1) is 13.0. The zero-order chi connectivity index (χ0) is 14.2. The maximum absolute atomic E-state index is 11.9. The number of hydrogen-bond acceptors (Lipinski definition) is 2. The van der Waals surface area contributed by atoms with Crippen LogP contribution in [0.25, 0.3) is 10.9 Å². The lowest BCUT2D eigenvalue weighted by Gasteiger charge is -2.29. The molecule has 2 heteroatoms. The van der Waals surface area contributed by atoms with Crippen LogP contribution in [0, 0.1) is 5.41 Å². The summed E-state index contributed by atoms with van der Waals surface area (Å²) in [5.41, 5.74) is 3.60. The molecule has 0 spiro atoms. The number of benzene rings is 1. The van der Waals surface area contributed by atoms with Gasteiger partial charge < -0.3 is 0 Å². The third kappa shape index (κ3) is 2.64. The number of carbonyl (C=O) groups is 1. The Morgan fingerprint density at radius 3 is 2.75 bits per heavy atom. The molecule has 0 unspecified atom stereocenters. The van der Waals surface area contributed by atoms with Crippen LogP contribution in [0.5, 0.6) is 0 Å². The molecule has 20 heavy (non-hydrogen) atoms. The summed E-state index contributed by atoms with van der Waals surface area (Å²) in [4.78, 5) is 16.2. The molecule has 0 saturated heterocycles. The maximum Gasteiger partial charge on any atom is 0.156 e. The molecule has 0 fully saturated rings. The highest BCUT2D eigenvalue weighted by molar-refractivity contribution is 5.92. The van der Waals surface area contributed by atoms with Crippen molar-refractivity contribution in [2.75, 3.05) is 0 Å². The van der Waals surface area contributed by atoms with Gasteiger partial charge in [-0.2, -0.15) is 0 Å². The van der Waals surface area contributed by atoms with E-state index in [0.29, 0.717) is 6.42 Å². The zero-order valence-corrected chi connectivity index (χ0v) is 12.0. The standard InChI is InChI=1S/C18H19NO/c1-18(2)11-13(10-15(20)12-18)9-14-7-8-19-17-6-4-3-5-16(14)17/h3-8,10H,9,11-12H2,1-2H3. The van der Waals surface area contributed by atoms with Crippen molar-refractivity contribution >= 4 is 16.7 Å². The molecular weight excluding hydrogens is 246 g/mol. The molecule has 0 atom stereocenters. The molecule has 0 amide bonds. The highest BCUT2D eigenvalue weighted by Crippen LogP contribution is 2.35. The van der Waals surface area contributed by atoms with Crippen LogP contribution in [0.4, 0.5) is 0 Å². The maximum atomic E-state index is 11.9. The Hall–Kier alpha value is -1.96. The van der Waals surface area contributed by atoms with E-state index in [2.05, 4.69) is 31.0 Å². The SMILES string of the molecule is CC1(C)CC(=O)C=C(Cc2ccnc3ccccc23)C1. The first-order valence-electron chi connectivity index (χ1n) is 7.08. The Morgan fingerprint density at radius 2 is 1.95 bits per heavy atom. The monoisotopic (exact) mass is 265 g/mol. The summed E-state index contributed by atoms with van der Waals surface area (Å²) in [6, 6.07) is 10.2. The predicted octanol–water partition coefficient (Wildman–Crippen LogP) is 4.09. The van der Waals surface area contributed by atoms with Gasteiger partial charge in [-0.1, -0.05) is 37.6 Å². The fourth-order valence-electron chi connectivity index (χ4n) is 3.15. The molecule has 1 aromatic heterocycles. The van der Waals surface area contributed by atoms with Gasteiger partial charge in [0.25, 0.3) is 0 Å². The number of fused-ring (bicyclic) bond motifs is 1. The van der Waals surface area contributed by atoms with Gasteiger partial charge in [0.1, 0.15) is 0 Å². The van der Waals surface area contributed by atoms with E-state index in [-0.39, 0.29) is 11.2 Å². The molecule has 2 nitrogen and oxygen atoms in total. The molecule has 0 aliphatic heterocycles. The van der Waals surface area contributed by atoms with Crippen molar-refractivity contribution < 1.29 is 4.79 Å². The highest BCUT2D eigenvalue weighted by Gasteiger charge is 2.27. The second kappa shape index (κ2) is 4.86. The normalized spacial score (nSPS) is 18.1. The summed E-state index contributed by atoms with van der Waals surface area (Å²) < 4.78 is 0. The fraction of sp³-hybridized carbons (Fsp3) is 0.333. The van der Waals surface area contributed by atoms with Crippen molar-refractivity contribution in [2.45, 2.75) is 33.1 Å². The molecule has 1 aliphatic rings. The fourth-order valence-corrected chi connectivity index (χ4v) is 3.15. The van der Waals surface area contributed by atoms with Crippen molar-refractivity contribution in [3.8, 4) is 0 Å². The van der Waals surface area contributed by atoms with Crippen LogP contribution in [0.3, 0.4) is 0 Å². The summed E-state index contributed by atoms with van der Waals surface area (Å²) in [5.74, 6) is 0.259. The van der Waals surface area contributed by atoms with Crippen molar-refractivity contribution in [3.05, 3.63) is 53.7 Å². The summed E-state index contributed by atoms with van der Waals surface area (Å²) in [6.07, 6.45) is 6.20. The van der Waals surface area contributed by atoms with E-state index in [1.165, 1.54) is 16.5 Å². The Kier molecular flexibility index (Phi) is 3.17. The average Bonchev–Trinajstić information content (AvgIpc) is 2.37. The Balaban J connectivity index is 1.96. The Bertz CT molecular complexity index is 692. The number of allylic oxidation sites excluding steroid dienone is 2. The van der Waals surface area contributed by atoms with Crippen LogP contribution in [0.2, 0.25) is 0 Å². The molecule has 0 saturated carbocycles. The van der Waals surface area contributed by atoms with Crippen LogP contribution >= 0.6 is 0 Å². The Morgan fingerprint density at radius 1 is 1.15 bits per heavy atom. The van der Waals surface area contributed by atoms with Gasteiger partial charge in [-0.3, -0.25) is 9.78 Å². The van der Waals surface area contributed by atoms with E-state index < -0.39 is 0 Å². The lowest BCUT2D eigenvalue weighted by Crippen LogP contribution is -2.22. The summed E-state index contributed by atoms with van der Waals surface area (Å²) in [6.45, 7) is 4.34. The number of aromatic nitrogens is 1. The van der Waals surface area contributed by atoms with Gasteiger partial charge in [0.15, 0.2) is 5.78 Å². The van der Waals surface area contributed by atoms with Crippen LogP contribution < -0.4 is 0 Å². The molecule has 102 valence electrons. The van der Waals surface area contributed by atoms with Crippen molar-refractivity contribution in [3.63, 3.8) is 0 Å². The van der Waals surface area contributed by atoms with Gasteiger partial charge in [0.05, 0.1) is 5.52 Å². The predicted molar refractivity (Wildman–Crippen MR) is 81.6 cm³/mol. The zero-order valence-electron chi connectivity index (χ0n) is 12.0. The topological polar surface area (TPSA) is 30.0 Å². The first-order valence-corrected chi connectivity index (χ1v) is 7.08. The smallest absolute Gasteiger partial charge is 0.156 e. The van der Waals surface area contributed by atoms with Crippen molar-refractivity contribution in [1.29, 1.82) is 0 Å². The number of rotatable bonds is 2. The summed E-state index contributed by atoms with van der Waals surface area (Å²) in [5, 5.41) is 1.19. The summed E-state index contributed by atoms with van der Waals surface area (Å²) in [7, 11) is 0. The minimum atomic E-state index is 0.0873. The van der Waals surface area contributed by atoms with E-state index in [1.807, 2.05) is 30.5 Å². The van der Waals surface area contributed by atoms with Crippen LogP contribution in [0.1, 0.15) is 32.3 Å². The molecule has 0 radical (unpaired) electrons. The Labute approximate surface area is 119 Å². The third-order valence-corrected chi connectivity index (χ3v) is 3.88. The second-order valence-electron chi connectivity index (χ2n) is 6.45. The molecule has 0 N–H and O–H groups in total. The summed E-state index contributed by atoms with van der Waals surface area (Å²) >= 11 is 0. The quantitative estimate of drug-likeness (QED) is 0.818. The van der Waals surface area contributed by atoms with Gasteiger partial charge >= 0.3 is 0 Å². The van der Waals surface area contributed by atoms with Gasteiger partial charge in [0.2, 0.25) is 0 Å². The van der Waals surface area contributed by atoms with Gasteiger partial charge in [-0.25, -0.2) is 0 Å². The number of nitrogens with zero attached hydrogens (tertiary/aromatic N) is 1. The molecule has 1 heterocycles.